The number of hydrogen-bond acceptors (Lipinski definition) is 7. The van der Waals surface area contributed by atoms with Gasteiger partial charge >= 0.3 is 6.03 Å². The van der Waals surface area contributed by atoms with Gasteiger partial charge in [-0.3, -0.25) is 14.9 Å². The van der Waals surface area contributed by atoms with Crippen molar-refractivity contribution in [2.24, 2.45) is 0 Å². The highest BCUT2D eigenvalue weighted by Gasteiger charge is 2.38. The summed E-state index contributed by atoms with van der Waals surface area (Å²) in [6.07, 6.45) is 1.33. The SMILES string of the molecule is CCOc1ccc(OCC)c(N2C(=O)NC(=O)/C(=C\c3cc(Cl)c(OCc4ccc(Br)cc4)c(OC)c3)C2=O)c1. The summed E-state index contributed by atoms with van der Waals surface area (Å²) in [4.78, 5) is 40.0. The number of carbonyl (C=O) groups excluding carboxylic acids is 3. The van der Waals surface area contributed by atoms with Gasteiger partial charge in [-0.2, -0.15) is 0 Å². The van der Waals surface area contributed by atoms with Crippen molar-refractivity contribution >= 4 is 57.1 Å². The number of rotatable bonds is 10. The zero-order valence-electron chi connectivity index (χ0n) is 22.0. The molecule has 4 amide bonds. The van der Waals surface area contributed by atoms with Crippen LogP contribution in [0.2, 0.25) is 5.02 Å². The zero-order valence-corrected chi connectivity index (χ0v) is 24.3. The van der Waals surface area contributed by atoms with Crippen molar-refractivity contribution in [2.75, 3.05) is 25.2 Å². The van der Waals surface area contributed by atoms with E-state index in [0.717, 1.165) is 14.9 Å². The van der Waals surface area contributed by atoms with Crippen LogP contribution in [0.1, 0.15) is 25.0 Å². The third-order valence-corrected chi connectivity index (χ3v) is 6.55. The number of anilines is 1. The van der Waals surface area contributed by atoms with E-state index in [-0.39, 0.29) is 28.6 Å². The van der Waals surface area contributed by atoms with Crippen molar-refractivity contribution in [2.45, 2.75) is 20.5 Å². The van der Waals surface area contributed by atoms with E-state index in [0.29, 0.717) is 36.0 Å². The van der Waals surface area contributed by atoms with E-state index in [2.05, 4.69) is 21.2 Å². The molecule has 1 N–H and O–H groups in total. The van der Waals surface area contributed by atoms with Crippen LogP contribution in [0, 0.1) is 0 Å². The monoisotopic (exact) mass is 628 g/mol. The summed E-state index contributed by atoms with van der Waals surface area (Å²) in [5, 5.41) is 2.43. The van der Waals surface area contributed by atoms with Crippen LogP contribution in [0.5, 0.6) is 23.0 Å². The Hall–Kier alpha value is -4.02. The number of halogens is 2. The van der Waals surface area contributed by atoms with Gasteiger partial charge in [-0.05, 0) is 67.4 Å². The highest BCUT2D eigenvalue weighted by atomic mass is 79.9. The van der Waals surface area contributed by atoms with Gasteiger partial charge in [0.15, 0.2) is 11.5 Å². The molecular weight excluding hydrogens is 604 g/mol. The van der Waals surface area contributed by atoms with Gasteiger partial charge < -0.3 is 18.9 Å². The van der Waals surface area contributed by atoms with Crippen LogP contribution in [0.25, 0.3) is 6.08 Å². The Morgan fingerprint density at radius 1 is 0.925 bits per heavy atom. The van der Waals surface area contributed by atoms with Gasteiger partial charge in [0.05, 0.1) is 31.0 Å². The fourth-order valence-corrected chi connectivity index (χ4v) is 4.49. The lowest BCUT2D eigenvalue weighted by Crippen LogP contribution is -2.54. The predicted octanol–water partition coefficient (Wildman–Crippen LogP) is 6.15. The van der Waals surface area contributed by atoms with E-state index in [1.54, 1.807) is 25.1 Å². The molecule has 1 fully saturated rings. The molecule has 4 rings (SSSR count). The maximum absolute atomic E-state index is 13.6. The lowest BCUT2D eigenvalue weighted by Gasteiger charge is -2.28. The van der Waals surface area contributed by atoms with E-state index >= 15 is 0 Å². The van der Waals surface area contributed by atoms with Gasteiger partial charge in [-0.15, -0.1) is 0 Å². The highest BCUT2D eigenvalue weighted by molar-refractivity contribution is 9.10. The standard InChI is InChI=1S/C29H26BrClN2O7/c1-4-38-20-10-11-24(39-5-2)23(15-20)33-28(35)21(27(34)32-29(33)36)12-18-13-22(31)26(25(14-18)37-3)40-16-17-6-8-19(30)9-7-17/h6-15H,4-5,16H2,1-3H3,(H,32,34,36)/b21-12+. The quantitative estimate of drug-likeness (QED) is 0.212. The molecule has 1 heterocycles. The smallest absolute Gasteiger partial charge is 0.336 e. The minimum atomic E-state index is -0.908. The molecule has 0 saturated carbocycles. The molecule has 0 aliphatic carbocycles. The van der Waals surface area contributed by atoms with Crippen LogP contribution < -0.4 is 29.2 Å². The number of hydrogen-bond donors (Lipinski definition) is 1. The molecule has 0 radical (unpaired) electrons. The topological polar surface area (TPSA) is 103 Å². The second kappa shape index (κ2) is 12.9. The van der Waals surface area contributed by atoms with E-state index < -0.39 is 17.8 Å². The van der Waals surface area contributed by atoms with Gasteiger partial charge in [-0.25, -0.2) is 9.69 Å². The molecule has 1 aliphatic rings. The Morgan fingerprint density at radius 3 is 2.33 bits per heavy atom. The number of barbiturate groups is 1. The number of urea groups is 1. The predicted molar refractivity (Wildman–Crippen MR) is 154 cm³/mol. The second-order valence-corrected chi connectivity index (χ2v) is 9.73. The minimum Gasteiger partial charge on any atom is -0.494 e. The van der Waals surface area contributed by atoms with Gasteiger partial charge in [0.1, 0.15) is 23.7 Å². The molecule has 11 heteroatoms. The number of amides is 4. The first kappa shape index (κ1) is 29.0. The first-order valence-electron chi connectivity index (χ1n) is 12.3. The number of carbonyl (C=O) groups is 3. The third-order valence-electron chi connectivity index (χ3n) is 5.74. The second-order valence-electron chi connectivity index (χ2n) is 8.40. The van der Waals surface area contributed by atoms with Crippen molar-refractivity contribution in [3.63, 3.8) is 0 Å². The number of nitrogens with one attached hydrogen (secondary N) is 1. The van der Waals surface area contributed by atoms with Crippen molar-refractivity contribution in [3.8, 4) is 23.0 Å². The molecule has 0 unspecified atom stereocenters. The summed E-state index contributed by atoms with van der Waals surface area (Å²) in [6.45, 7) is 4.50. The van der Waals surface area contributed by atoms with Crippen LogP contribution in [-0.4, -0.2) is 38.2 Å². The van der Waals surface area contributed by atoms with Gasteiger partial charge in [0.25, 0.3) is 11.8 Å². The van der Waals surface area contributed by atoms with Crippen molar-refractivity contribution < 1.29 is 33.3 Å². The molecule has 0 aromatic heterocycles. The Bertz CT molecular complexity index is 1470. The number of imide groups is 2. The lowest BCUT2D eigenvalue weighted by atomic mass is 10.1. The van der Waals surface area contributed by atoms with Crippen molar-refractivity contribution in [3.05, 3.63) is 80.8 Å². The molecule has 0 atom stereocenters. The summed E-state index contributed by atoms with van der Waals surface area (Å²) in [5.74, 6) is -0.375. The van der Waals surface area contributed by atoms with Crippen LogP contribution in [0.3, 0.4) is 0 Å². The van der Waals surface area contributed by atoms with Crippen LogP contribution in [0.4, 0.5) is 10.5 Å². The van der Waals surface area contributed by atoms with E-state index in [1.807, 2.05) is 31.2 Å². The number of nitrogens with zero attached hydrogens (tertiary/aromatic N) is 1. The van der Waals surface area contributed by atoms with E-state index in [4.69, 9.17) is 30.5 Å². The fourth-order valence-electron chi connectivity index (χ4n) is 3.95. The van der Waals surface area contributed by atoms with Gasteiger partial charge in [-0.1, -0.05) is 39.7 Å². The zero-order chi connectivity index (χ0) is 28.8. The van der Waals surface area contributed by atoms with Gasteiger partial charge in [0, 0.05) is 10.5 Å². The molecular formula is C29H26BrClN2O7. The Morgan fingerprint density at radius 2 is 1.65 bits per heavy atom. The molecule has 208 valence electrons. The van der Waals surface area contributed by atoms with Crippen molar-refractivity contribution in [1.29, 1.82) is 0 Å². The average Bonchev–Trinajstić information content (AvgIpc) is 2.92. The average molecular weight is 630 g/mol. The first-order chi connectivity index (χ1) is 19.2. The Kier molecular flexibility index (Phi) is 9.34. The molecule has 40 heavy (non-hydrogen) atoms. The fraction of sp³-hybridized carbons (Fsp3) is 0.207. The van der Waals surface area contributed by atoms with Crippen molar-refractivity contribution in [1.82, 2.24) is 5.32 Å². The molecule has 0 spiro atoms. The molecule has 9 nitrogen and oxygen atoms in total. The van der Waals surface area contributed by atoms with Crippen LogP contribution in [0.15, 0.2) is 64.6 Å². The number of ether oxygens (including phenoxy) is 4. The summed E-state index contributed by atoms with van der Waals surface area (Å²) in [5.41, 5.74) is 1.16. The number of methoxy groups -OCH3 is 1. The maximum atomic E-state index is 13.6. The van der Waals surface area contributed by atoms with Gasteiger partial charge in [0.2, 0.25) is 0 Å². The third kappa shape index (κ3) is 6.40. The summed E-state index contributed by atoms with van der Waals surface area (Å²) in [7, 11) is 1.45. The molecule has 0 bridgehead atoms. The molecule has 3 aromatic carbocycles. The first-order valence-corrected chi connectivity index (χ1v) is 13.5. The lowest BCUT2D eigenvalue weighted by molar-refractivity contribution is -0.122. The van der Waals surface area contributed by atoms with E-state index in [1.165, 1.54) is 25.3 Å². The highest BCUT2D eigenvalue weighted by Crippen LogP contribution is 2.39. The van der Waals surface area contributed by atoms with Crippen LogP contribution >= 0.6 is 27.5 Å². The maximum Gasteiger partial charge on any atom is 0.336 e. The van der Waals surface area contributed by atoms with Crippen LogP contribution in [-0.2, 0) is 16.2 Å². The number of benzene rings is 3. The Labute approximate surface area is 244 Å². The Balaban J connectivity index is 1.67. The molecule has 1 aliphatic heterocycles. The minimum absolute atomic E-state index is 0.140. The largest absolute Gasteiger partial charge is 0.494 e. The van der Waals surface area contributed by atoms with E-state index in [9.17, 15) is 14.4 Å². The summed E-state index contributed by atoms with van der Waals surface area (Å²) >= 11 is 9.92. The summed E-state index contributed by atoms with van der Waals surface area (Å²) in [6, 6.07) is 14.6. The molecule has 3 aromatic rings. The summed E-state index contributed by atoms with van der Waals surface area (Å²) < 4.78 is 23.5. The molecule has 1 saturated heterocycles. The normalized spacial score (nSPS) is 14.3.